The third-order valence-corrected chi connectivity index (χ3v) is 6.26. The van der Waals surface area contributed by atoms with Crippen LogP contribution in [0.4, 0.5) is 0 Å². The first-order chi connectivity index (χ1) is 4.91. The summed E-state index contributed by atoms with van der Waals surface area (Å²) >= 11 is 2.12. The van der Waals surface area contributed by atoms with Crippen molar-refractivity contribution in [3.8, 4) is 0 Å². The van der Waals surface area contributed by atoms with Gasteiger partial charge in [0.2, 0.25) is 0 Å². The van der Waals surface area contributed by atoms with Gasteiger partial charge in [-0.3, -0.25) is 0 Å². The molecular formula is C8H16S3. The predicted octanol–water partition coefficient (Wildman–Crippen LogP) is 3.67. The number of hydrogen-bond acceptors (Lipinski definition) is 3. The molecule has 0 saturated carbocycles. The van der Waals surface area contributed by atoms with Crippen LogP contribution >= 0.6 is 33.3 Å². The van der Waals surface area contributed by atoms with Crippen LogP contribution in [0.15, 0.2) is 0 Å². The van der Waals surface area contributed by atoms with Crippen LogP contribution in [0.3, 0.4) is 0 Å². The lowest BCUT2D eigenvalue weighted by atomic mass is 10.2. The summed E-state index contributed by atoms with van der Waals surface area (Å²) in [5, 5.41) is 0. The average molecular weight is 208 g/mol. The molecule has 0 aromatic rings. The maximum Gasteiger partial charge on any atom is 0.0208 e. The van der Waals surface area contributed by atoms with E-state index in [1.807, 2.05) is 21.6 Å². The summed E-state index contributed by atoms with van der Waals surface area (Å²) in [6.45, 7) is 9.38. The van der Waals surface area contributed by atoms with E-state index in [1.165, 1.54) is 11.5 Å². The van der Waals surface area contributed by atoms with Gasteiger partial charge in [-0.1, -0.05) is 21.6 Å². The second-order valence-corrected chi connectivity index (χ2v) is 9.02. The minimum atomic E-state index is 0.456. The first-order valence-electron chi connectivity index (χ1n) is 3.86. The minimum Gasteiger partial charge on any atom is -0.148 e. The summed E-state index contributed by atoms with van der Waals surface area (Å²) in [6, 6.07) is 0. The topological polar surface area (TPSA) is 0 Å². The molecule has 0 unspecified atom stereocenters. The molecule has 0 atom stereocenters. The molecule has 1 heterocycles. The molecule has 0 aromatic heterocycles. The molecule has 1 fully saturated rings. The molecule has 0 bridgehead atoms. The standard InChI is InChI=1S/C8H16S3/c1-7(2)5-9-10-6-8(3,4)11-7/h5-6H2,1-4H3. The minimum absolute atomic E-state index is 0.456. The highest BCUT2D eigenvalue weighted by atomic mass is 33.1. The molecular weight excluding hydrogens is 192 g/mol. The Hall–Kier alpha value is 1.05. The molecule has 1 rings (SSSR count). The average Bonchev–Trinajstić information content (AvgIpc) is 1.86. The molecule has 1 saturated heterocycles. The van der Waals surface area contributed by atoms with Gasteiger partial charge in [-0.15, -0.1) is 11.8 Å². The Morgan fingerprint density at radius 2 is 1.18 bits per heavy atom. The van der Waals surface area contributed by atoms with Gasteiger partial charge in [0.1, 0.15) is 0 Å². The Balaban J connectivity index is 2.62. The molecule has 1 aliphatic heterocycles. The van der Waals surface area contributed by atoms with Gasteiger partial charge in [-0.2, -0.15) is 0 Å². The third-order valence-electron chi connectivity index (χ3n) is 1.45. The van der Waals surface area contributed by atoms with Gasteiger partial charge in [0.15, 0.2) is 0 Å². The summed E-state index contributed by atoms with van der Waals surface area (Å²) in [7, 11) is 4.04. The Kier molecular flexibility index (Phi) is 3.16. The molecule has 0 aromatic carbocycles. The normalized spacial score (nSPS) is 29.5. The molecule has 0 amide bonds. The molecule has 0 aliphatic carbocycles. The maximum absolute atomic E-state index is 2.35. The Bertz CT molecular complexity index is 124. The van der Waals surface area contributed by atoms with E-state index in [0.29, 0.717) is 9.49 Å². The lowest BCUT2D eigenvalue weighted by molar-refractivity contribution is 0.759. The van der Waals surface area contributed by atoms with Gasteiger partial charge in [-0.25, -0.2) is 0 Å². The number of thioether (sulfide) groups is 1. The number of hydrogen-bond donors (Lipinski definition) is 0. The van der Waals surface area contributed by atoms with Crippen molar-refractivity contribution in [2.45, 2.75) is 37.2 Å². The maximum atomic E-state index is 2.35. The largest absolute Gasteiger partial charge is 0.148 e. The summed E-state index contributed by atoms with van der Waals surface area (Å²) in [6.07, 6.45) is 0. The van der Waals surface area contributed by atoms with Crippen molar-refractivity contribution in [1.29, 1.82) is 0 Å². The number of rotatable bonds is 0. The molecule has 1 aliphatic rings. The fraction of sp³-hybridized carbons (Fsp3) is 1.00. The smallest absolute Gasteiger partial charge is 0.0208 e. The van der Waals surface area contributed by atoms with Crippen molar-refractivity contribution < 1.29 is 0 Å². The van der Waals surface area contributed by atoms with Gasteiger partial charge in [-0.05, 0) is 27.7 Å². The summed E-state index contributed by atoms with van der Waals surface area (Å²) in [5.74, 6) is 2.54. The van der Waals surface area contributed by atoms with E-state index in [2.05, 4.69) is 39.5 Å². The van der Waals surface area contributed by atoms with Gasteiger partial charge in [0, 0.05) is 21.0 Å². The zero-order valence-corrected chi connectivity index (χ0v) is 10.1. The molecule has 0 nitrogen and oxygen atoms in total. The fourth-order valence-electron chi connectivity index (χ4n) is 1.17. The molecule has 0 radical (unpaired) electrons. The van der Waals surface area contributed by atoms with Crippen LogP contribution in [0.2, 0.25) is 0 Å². The van der Waals surface area contributed by atoms with E-state index >= 15 is 0 Å². The van der Waals surface area contributed by atoms with Crippen molar-refractivity contribution in [2.75, 3.05) is 11.5 Å². The van der Waals surface area contributed by atoms with Crippen LogP contribution in [0.25, 0.3) is 0 Å². The lowest BCUT2D eigenvalue weighted by Gasteiger charge is -2.30. The van der Waals surface area contributed by atoms with Crippen molar-refractivity contribution in [2.24, 2.45) is 0 Å². The summed E-state index contributed by atoms with van der Waals surface area (Å²) in [5.41, 5.74) is 0. The highest BCUT2D eigenvalue weighted by molar-refractivity contribution is 8.77. The predicted molar refractivity (Wildman–Crippen MR) is 60.7 cm³/mol. The van der Waals surface area contributed by atoms with Crippen molar-refractivity contribution in [3.05, 3.63) is 0 Å². The monoisotopic (exact) mass is 208 g/mol. The molecule has 0 spiro atoms. The van der Waals surface area contributed by atoms with Crippen molar-refractivity contribution >= 4 is 33.3 Å². The van der Waals surface area contributed by atoms with Crippen LogP contribution in [0.5, 0.6) is 0 Å². The molecule has 3 heteroatoms. The molecule has 66 valence electrons. The van der Waals surface area contributed by atoms with Gasteiger partial charge in [0.25, 0.3) is 0 Å². The Labute approximate surface area is 82.1 Å². The van der Waals surface area contributed by atoms with Gasteiger partial charge in [0.05, 0.1) is 0 Å². The van der Waals surface area contributed by atoms with Gasteiger partial charge >= 0.3 is 0 Å². The third kappa shape index (κ3) is 3.51. The quantitative estimate of drug-likeness (QED) is 0.558. The van der Waals surface area contributed by atoms with Crippen LogP contribution in [-0.2, 0) is 0 Å². The van der Waals surface area contributed by atoms with E-state index in [1.54, 1.807) is 0 Å². The highest BCUT2D eigenvalue weighted by Crippen LogP contribution is 2.47. The van der Waals surface area contributed by atoms with Crippen LogP contribution in [-0.4, -0.2) is 21.0 Å². The van der Waals surface area contributed by atoms with Crippen LogP contribution < -0.4 is 0 Å². The van der Waals surface area contributed by atoms with E-state index < -0.39 is 0 Å². The SMILES string of the molecule is CC1(C)CSSCC(C)(C)S1. The van der Waals surface area contributed by atoms with E-state index in [-0.39, 0.29) is 0 Å². The van der Waals surface area contributed by atoms with Crippen LogP contribution in [0.1, 0.15) is 27.7 Å². The Morgan fingerprint density at radius 1 is 0.818 bits per heavy atom. The second-order valence-electron chi connectivity index (χ2n) is 4.15. The second kappa shape index (κ2) is 3.43. The van der Waals surface area contributed by atoms with E-state index in [9.17, 15) is 0 Å². The molecule has 0 N–H and O–H groups in total. The summed E-state index contributed by atoms with van der Waals surface area (Å²) < 4.78 is 0.912. The molecule has 11 heavy (non-hydrogen) atoms. The van der Waals surface area contributed by atoms with E-state index in [0.717, 1.165) is 0 Å². The van der Waals surface area contributed by atoms with Crippen LogP contribution in [0, 0.1) is 0 Å². The fourth-order valence-corrected chi connectivity index (χ4v) is 6.94. The van der Waals surface area contributed by atoms with Crippen molar-refractivity contribution in [3.63, 3.8) is 0 Å². The van der Waals surface area contributed by atoms with E-state index in [4.69, 9.17) is 0 Å². The lowest BCUT2D eigenvalue weighted by Crippen LogP contribution is -2.27. The van der Waals surface area contributed by atoms with Crippen molar-refractivity contribution in [1.82, 2.24) is 0 Å². The zero-order valence-electron chi connectivity index (χ0n) is 7.64. The highest BCUT2D eigenvalue weighted by Gasteiger charge is 2.32. The zero-order chi connectivity index (χ0) is 8.54. The van der Waals surface area contributed by atoms with Gasteiger partial charge < -0.3 is 0 Å². The first-order valence-corrected chi connectivity index (χ1v) is 7.16. The first kappa shape index (κ1) is 10.1. The Morgan fingerprint density at radius 3 is 1.55 bits per heavy atom. The summed E-state index contributed by atoms with van der Waals surface area (Å²) in [4.78, 5) is 0.